The van der Waals surface area contributed by atoms with Crippen LogP contribution in [0.25, 0.3) is 5.65 Å². The fraction of sp³-hybridized carbons (Fsp3) is 0.391. The molecule has 0 fully saturated rings. The van der Waals surface area contributed by atoms with Crippen molar-refractivity contribution in [2.45, 2.75) is 53.6 Å². The molecule has 32 heavy (non-hydrogen) atoms. The molecular weight excluding hydrogens is 410 g/mol. The Morgan fingerprint density at radius 3 is 2.47 bits per heavy atom. The van der Waals surface area contributed by atoms with E-state index in [4.69, 9.17) is 9.47 Å². The van der Waals surface area contributed by atoms with Gasteiger partial charge in [-0.05, 0) is 70.9 Å². The van der Waals surface area contributed by atoms with E-state index in [1.54, 1.807) is 35.7 Å². The molecule has 3 aromatic rings. The third kappa shape index (κ3) is 5.54. The molecular formula is C23H29N5O4. The molecule has 9 heteroatoms. The molecule has 0 spiro atoms. The molecule has 0 saturated carbocycles. The molecule has 3 rings (SSSR count). The van der Waals surface area contributed by atoms with Crippen molar-refractivity contribution < 1.29 is 19.1 Å². The SMILES string of the molecule is CCOc1ccc(OC(C)C(=O)NNC(=O)CCc2c(C)nc3cc(C)nn3c2C)cc1. The molecule has 1 aromatic carbocycles. The fourth-order valence-electron chi connectivity index (χ4n) is 3.38. The predicted octanol–water partition coefficient (Wildman–Crippen LogP) is 2.60. The average molecular weight is 440 g/mol. The second kappa shape index (κ2) is 10.1. The number of rotatable bonds is 8. The lowest BCUT2D eigenvalue weighted by atomic mass is 10.1. The molecule has 2 N–H and O–H groups in total. The maximum atomic E-state index is 12.3. The van der Waals surface area contributed by atoms with Gasteiger partial charge < -0.3 is 9.47 Å². The zero-order chi connectivity index (χ0) is 23.3. The first kappa shape index (κ1) is 23.1. The van der Waals surface area contributed by atoms with Gasteiger partial charge in [0, 0.05) is 23.9 Å². The van der Waals surface area contributed by atoms with Crippen molar-refractivity contribution in [1.82, 2.24) is 25.4 Å². The molecule has 2 amide bonds. The number of carbonyl (C=O) groups is 2. The largest absolute Gasteiger partial charge is 0.494 e. The molecule has 0 saturated heterocycles. The number of nitrogens with one attached hydrogen (secondary N) is 2. The lowest BCUT2D eigenvalue weighted by molar-refractivity contribution is -0.132. The summed E-state index contributed by atoms with van der Waals surface area (Å²) in [5.74, 6) is 0.508. The minimum Gasteiger partial charge on any atom is -0.494 e. The van der Waals surface area contributed by atoms with Gasteiger partial charge in [-0.15, -0.1) is 0 Å². The van der Waals surface area contributed by atoms with Crippen molar-refractivity contribution in [1.29, 1.82) is 0 Å². The molecule has 0 bridgehead atoms. The Bertz CT molecular complexity index is 1110. The minimum atomic E-state index is -0.785. The van der Waals surface area contributed by atoms with E-state index < -0.39 is 12.0 Å². The molecule has 0 aliphatic rings. The van der Waals surface area contributed by atoms with Crippen LogP contribution in [0, 0.1) is 20.8 Å². The van der Waals surface area contributed by atoms with E-state index in [0.717, 1.165) is 34.0 Å². The number of hydrogen-bond donors (Lipinski definition) is 2. The summed E-state index contributed by atoms with van der Waals surface area (Å²) >= 11 is 0. The first-order valence-corrected chi connectivity index (χ1v) is 10.6. The first-order chi connectivity index (χ1) is 15.3. The maximum Gasteiger partial charge on any atom is 0.279 e. The van der Waals surface area contributed by atoms with Gasteiger partial charge in [-0.25, -0.2) is 9.50 Å². The van der Waals surface area contributed by atoms with Crippen LogP contribution >= 0.6 is 0 Å². The van der Waals surface area contributed by atoms with E-state index in [0.29, 0.717) is 18.8 Å². The number of hydrogen-bond acceptors (Lipinski definition) is 6. The van der Waals surface area contributed by atoms with Crippen LogP contribution in [0.2, 0.25) is 0 Å². The van der Waals surface area contributed by atoms with Crippen LogP contribution in [0.5, 0.6) is 11.5 Å². The molecule has 170 valence electrons. The Kier molecular flexibility index (Phi) is 7.29. The lowest BCUT2D eigenvalue weighted by Crippen LogP contribution is -2.47. The summed E-state index contributed by atoms with van der Waals surface area (Å²) in [4.78, 5) is 29.1. The number of carbonyl (C=O) groups excluding carboxylic acids is 2. The number of fused-ring (bicyclic) bond motifs is 1. The van der Waals surface area contributed by atoms with Crippen LogP contribution in [-0.2, 0) is 16.0 Å². The van der Waals surface area contributed by atoms with Crippen LogP contribution in [0.1, 0.15) is 42.9 Å². The molecule has 2 heterocycles. The topological polar surface area (TPSA) is 107 Å². The van der Waals surface area contributed by atoms with Gasteiger partial charge in [0.25, 0.3) is 5.91 Å². The van der Waals surface area contributed by atoms with Gasteiger partial charge in [-0.1, -0.05) is 0 Å². The lowest BCUT2D eigenvalue weighted by Gasteiger charge is -2.16. The second-order valence-corrected chi connectivity index (χ2v) is 7.52. The zero-order valence-corrected chi connectivity index (χ0v) is 19.1. The standard InChI is InChI=1S/C23H29N5O4/c1-6-31-18-7-9-19(10-8-18)32-17(5)23(30)26-25-22(29)12-11-20-15(3)24-21-13-14(2)27-28(21)16(20)4/h7-10,13,17H,6,11-12H2,1-5H3,(H,25,29)(H,26,30). The van der Waals surface area contributed by atoms with Gasteiger partial charge in [0.2, 0.25) is 5.91 Å². The number of aromatic nitrogens is 3. The third-order valence-corrected chi connectivity index (χ3v) is 5.03. The minimum absolute atomic E-state index is 0.198. The summed E-state index contributed by atoms with van der Waals surface area (Å²) < 4.78 is 12.8. The zero-order valence-electron chi connectivity index (χ0n) is 19.1. The molecule has 0 aliphatic heterocycles. The van der Waals surface area contributed by atoms with Gasteiger partial charge in [-0.2, -0.15) is 5.10 Å². The first-order valence-electron chi connectivity index (χ1n) is 10.6. The fourth-order valence-corrected chi connectivity index (χ4v) is 3.38. The summed E-state index contributed by atoms with van der Waals surface area (Å²) in [5, 5.41) is 4.44. The molecule has 1 atom stereocenters. The highest BCUT2D eigenvalue weighted by molar-refractivity contribution is 5.84. The van der Waals surface area contributed by atoms with E-state index in [9.17, 15) is 9.59 Å². The Morgan fingerprint density at radius 2 is 1.78 bits per heavy atom. The van der Waals surface area contributed by atoms with E-state index in [2.05, 4.69) is 20.9 Å². The van der Waals surface area contributed by atoms with E-state index >= 15 is 0 Å². The molecule has 1 unspecified atom stereocenters. The van der Waals surface area contributed by atoms with Crippen molar-refractivity contribution in [2.24, 2.45) is 0 Å². The van der Waals surface area contributed by atoms with E-state index in [1.165, 1.54) is 0 Å². The van der Waals surface area contributed by atoms with Crippen LogP contribution < -0.4 is 20.3 Å². The summed E-state index contributed by atoms with van der Waals surface area (Å²) in [5.41, 5.74) is 9.32. The Balaban J connectivity index is 1.49. The monoisotopic (exact) mass is 439 g/mol. The molecule has 9 nitrogen and oxygen atoms in total. The van der Waals surface area contributed by atoms with Crippen molar-refractivity contribution in [3.63, 3.8) is 0 Å². The van der Waals surface area contributed by atoms with Gasteiger partial charge >= 0.3 is 0 Å². The molecule has 0 radical (unpaired) electrons. The molecule has 2 aromatic heterocycles. The smallest absolute Gasteiger partial charge is 0.279 e. The van der Waals surface area contributed by atoms with Crippen LogP contribution in [0.3, 0.4) is 0 Å². The second-order valence-electron chi connectivity index (χ2n) is 7.52. The predicted molar refractivity (Wildman–Crippen MR) is 120 cm³/mol. The van der Waals surface area contributed by atoms with Crippen molar-refractivity contribution in [2.75, 3.05) is 6.61 Å². The quantitative estimate of drug-likeness (QED) is 0.523. The van der Waals surface area contributed by atoms with Gasteiger partial charge in [0.1, 0.15) is 11.5 Å². The van der Waals surface area contributed by atoms with Crippen molar-refractivity contribution in [3.05, 3.63) is 53.0 Å². The number of amides is 2. The van der Waals surface area contributed by atoms with Crippen LogP contribution in [0.4, 0.5) is 0 Å². The van der Waals surface area contributed by atoms with Gasteiger partial charge in [-0.3, -0.25) is 20.4 Å². The van der Waals surface area contributed by atoms with Gasteiger partial charge in [0.15, 0.2) is 11.8 Å². The highest BCUT2D eigenvalue weighted by atomic mass is 16.5. The van der Waals surface area contributed by atoms with Crippen LogP contribution in [-0.4, -0.2) is 39.1 Å². The van der Waals surface area contributed by atoms with Crippen molar-refractivity contribution in [3.8, 4) is 11.5 Å². The Morgan fingerprint density at radius 1 is 1.09 bits per heavy atom. The maximum absolute atomic E-state index is 12.3. The third-order valence-electron chi connectivity index (χ3n) is 5.03. The number of aryl methyl sites for hydroxylation is 3. The number of benzene rings is 1. The highest BCUT2D eigenvalue weighted by Gasteiger charge is 2.17. The summed E-state index contributed by atoms with van der Waals surface area (Å²) in [7, 11) is 0. The van der Waals surface area contributed by atoms with Gasteiger partial charge in [0.05, 0.1) is 12.3 Å². The molecule has 0 aliphatic carbocycles. The normalized spacial score (nSPS) is 11.8. The number of ether oxygens (including phenoxy) is 2. The Hall–Kier alpha value is -3.62. The summed E-state index contributed by atoms with van der Waals surface area (Å²) in [6.07, 6.45) is -0.101. The summed E-state index contributed by atoms with van der Waals surface area (Å²) in [6, 6.07) is 8.91. The van der Waals surface area contributed by atoms with Crippen LogP contribution in [0.15, 0.2) is 30.3 Å². The highest BCUT2D eigenvalue weighted by Crippen LogP contribution is 2.19. The van der Waals surface area contributed by atoms with Crippen molar-refractivity contribution >= 4 is 17.5 Å². The average Bonchev–Trinajstić information content (AvgIpc) is 3.13. The number of hydrazine groups is 1. The summed E-state index contributed by atoms with van der Waals surface area (Å²) in [6.45, 7) is 9.89. The van der Waals surface area contributed by atoms with E-state index in [1.807, 2.05) is 33.8 Å². The van der Waals surface area contributed by atoms with E-state index in [-0.39, 0.29) is 12.3 Å². The number of nitrogens with zero attached hydrogens (tertiary/aromatic N) is 3. The Labute approximate surface area is 187 Å².